The summed E-state index contributed by atoms with van der Waals surface area (Å²) in [6, 6.07) is 14.3. The van der Waals surface area contributed by atoms with Gasteiger partial charge in [-0.25, -0.2) is 0 Å². The summed E-state index contributed by atoms with van der Waals surface area (Å²) in [4.78, 5) is 31.3. The predicted octanol–water partition coefficient (Wildman–Crippen LogP) is 3.85. The third-order valence-corrected chi connectivity index (χ3v) is 6.50. The fourth-order valence-electron chi connectivity index (χ4n) is 4.83. The minimum atomic E-state index is -0.502. The van der Waals surface area contributed by atoms with Gasteiger partial charge in [0.15, 0.2) is 5.43 Å². The van der Waals surface area contributed by atoms with Crippen molar-refractivity contribution in [2.24, 2.45) is 0 Å². The second kappa shape index (κ2) is 9.99. The molecule has 2 aliphatic heterocycles. The quantitative estimate of drug-likeness (QED) is 0.506. The zero-order valence-electron chi connectivity index (χ0n) is 19.5. The van der Waals surface area contributed by atoms with Crippen molar-refractivity contribution in [3.63, 3.8) is 0 Å². The SMILES string of the molecule is CCCOc1cccc([C@H]2c3c(oc4ccccc4c3=O)C(=O)N2CCCN2CCOCC2)c1. The predicted molar refractivity (Wildman–Crippen MR) is 129 cm³/mol. The molecule has 178 valence electrons. The van der Waals surface area contributed by atoms with E-state index in [4.69, 9.17) is 13.9 Å². The normalized spacial score (nSPS) is 18.4. The van der Waals surface area contributed by atoms with Crippen LogP contribution in [-0.4, -0.2) is 61.7 Å². The number of hydrogen-bond donors (Lipinski definition) is 0. The summed E-state index contributed by atoms with van der Waals surface area (Å²) in [5.74, 6) is 0.656. The molecule has 1 atom stereocenters. The molecule has 3 aromatic rings. The van der Waals surface area contributed by atoms with Crippen LogP contribution in [0, 0.1) is 0 Å². The summed E-state index contributed by atoms with van der Waals surface area (Å²) in [7, 11) is 0. The van der Waals surface area contributed by atoms with Gasteiger partial charge in [-0.1, -0.05) is 31.2 Å². The van der Waals surface area contributed by atoms with Gasteiger partial charge < -0.3 is 18.8 Å². The molecule has 0 unspecified atom stereocenters. The molecule has 7 nitrogen and oxygen atoms in total. The Morgan fingerprint density at radius 3 is 2.68 bits per heavy atom. The number of benzene rings is 2. The maximum Gasteiger partial charge on any atom is 0.290 e. The number of fused-ring (bicyclic) bond motifs is 2. The zero-order chi connectivity index (χ0) is 23.5. The molecule has 0 radical (unpaired) electrons. The second-order valence-electron chi connectivity index (χ2n) is 8.80. The minimum Gasteiger partial charge on any atom is -0.494 e. The summed E-state index contributed by atoms with van der Waals surface area (Å²) in [5, 5.41) is 0.493. The van der Waals surface area contributed by atoms with Gasteiger partial charge in [0, 0.05) is 26.2 Å². The van der Waals surface area contributed by atoms with E-state index < -0.39 is 6.04 Å². The maximum absolute atomic E-state index is 13.6. The van der Waals surface area contributed by atoms with Crippen LogP contribution in [0.25, 0.3) is 11.0 Å². The van der Waals surface area contributed by atoms with E-state index in [-0.39, 0.29) is 17.1 Å². The number of morpholine rings is 1. The van der Waals surface area contributed by atoms with Gasteiger partial charge in [-0.05, 0) is 42.7 Å². The molecule has 1 fully saturated rings. The number of para-hydroxylation sites is 1. The van der Waals surface area contributed by atoms with Crippen LogP contribution < -0.4 is 10.2 Å². The van der Waals surface area contributed by atoms with E-state index in [2.05, 4.69) is 11.8 Å². The Morgan fingerprint density at radius 2 is 1.85 bits per heavy atom. The van der Waals surface area contributed by atoms with Crippen LogP contribution in [0.3, 0.4) is 0 Å². The second-order valence-corrected chi connectivity index (χ2v) is 8.80. The van der Waals surface area contributed by atoms with Crippen molar-refractivity contribution in [3.8, 4) is 5.75 Å². The molecule has 0 spiro atoms. The molecular weight excluding hydrogens is 432 g/mol. The smallest absolute Gasteiger partial charge is 0.290 e. The van der Waals surface area contributed by atoms with Crippen molar-refractivity contribution in [1.82, 2.24) is 9.80 Å². The van der Waals surface area contributed by atoms with E-state index in [0.717, 1.165) is 57.0 Å². The summed E-state index contributed by atoms with van der Waals surface area (Å²) in [6.45, 7) is 7.36. The molecule has 0 N–H and O–H groups in total. The van der Waals surface area contributed by atoms with E-state index >= 15 is 0 Å². The fraction of sp³-hybridized carbons (Fsp3) is 0.407. The Labute approximate surface area is 198 Å². The molecule has 1 saturated heterocycles. The molecule has 7 heteroatoms. The third-order valence-electron chi connectivity index (χ3n) is 6.50. The highest BCUT2D eigenvalue weighted by molar-refractivity contribution is 5.99. The first-order valence-corrected chi connectivity index (χ1v) is 12.1. The van der Waals surface area contributed by atoms with Crippen molar-refractivity contribution >= 4 is 16.9 Å². The maximum atomic E-state index is 13.6. The van der Waals surface area contributed by atoms with Crippen LogP contribution in [-0.2, 0) is 4.74 Å². The largest absolute Gasteiger partial charge is 0.494 e. The van der Waals surface area contributed by atoms with Crippen molar-refractivity contribution in [2.45, 2.75) is 25.8 Å². The molecule has 0 bridgehead atoms. The molecule has 1 aromatic heterocycles. The minimum absolute atomic E-state index is 0.147. The first-order chi connectivity index (χ1) is 16.7. The highest BCUT2D eigenvalue weighted by atomic mass is 16.5. The van der Waals surface area contributed by atoms with Gasteiger partial charge in [0.25, 0.3) is 5.91 Å². The monoisotopic (exact) mass is 462 g/mol. The van der Waals surface area contributed by atoms with E-state index in [1.807, 2.05) is 36.4 Å². The first kappa shape index (κ1) is 22.6. The Hall–Kier alpha value is -3.16. The Balaban J connectivity index is 1.51. The number of hydrogen-bond acceptors (Lipinski definition) is 6. The molecule has 3 heterocycles. The molecule has 2 aliphatic rings. The molecular formula is C27H30N2O5. The molecule has 34 heavy (non-hydrogen) atoms. The number of carbonyl (C=O) groups is 1. The van der Waals surface area contributed by atoms with Crippen LogP contribution >= 0.6 is 0 Å². The van der Waals surface area contributed by atoms with Gasteiger partial charge >= 0.3 is 0 Å². The lowest BCUT2D eigenvalue weighted by molar-refractivity contribution is 0.0353. The van der Waals surface area contributed by atoms with Gasteiger partial charge in [-0.3, -0.25) is 14.5 Å². The van der Waals surface area contributed by atoms with Gasteiger partial charge in [-0.15, -0.1) is 0 Å². The lowest BCUT2D eigenvalue weighted by atomic mass is 9.98. The average Bonchev–Trinajstić information content (AvgIpc) is 3.15. The van der Waals surface area contributed by atoms with Crippen molar-refractivity contribution in [2.75, 3.05) is 46.0 Å². The molecule has 1 amide bonds. The van der Waals surface area contributed by atoms with Crippen LogP contribution in [0.1, 0.15) is 47.5 Å². The number of ether oxygens (including phenoxy) is 2. The van der Waals surface area contributed by atoms with E-state index in [1.54, 1.807) is 17.0 Å². The topological polar surface area (TPSA) is 72.2 Å². The van der Waals surface area contributed by atoms with Crippen molar-refractivity contribution in [1.29, 1.82) is 0 Å². The van der Waals surface area contributed by atoms with Crippen LogP contribution in [0.4, 0.5) is 0 Å². The average molecular weight is 463 g/mol. The lowest BCUT2D eigenvalue weighted by Gasteiger charge is -2.29. The summed E-state index contributed by atoms with van der Waals surface area (Å²) >= 11 is 0. The molecule has 2 aromatic carbocycles. The lowest BCUT2D eigenvalue weighted by Crippen LogP contribution is -2.38. The fourth-order valence-corrected chi connectivity index (χ4v) is 4.83. The number of rotatable bonds is 8. The van der Waals surface area contributed by atoms with Gasteiger partial charge in [0.2, 0.25) is 5.76 Å². The van der Waals surface area contributed by atoms with E-state index in [9.17, 15) is 9.59 Å². The molecule has 0 aliphatic carbocycles. The van der Waals surface area contributed by atoms with Gasteiger partial charge in [0.05, 0.1) is 36.8 Å². The van der Waals surface area contributed by atoms with Crippen molar-refractivity contribution < 1.29 is 18.7 Å². The van der Waals surface area contributed by atoms with Gasteiger partial charge in [-0.2, -0.15) is 0 Å². The number of amides is 1. The standard InChI is InChI=1S/C27H30N2O5/c1-2-15-33-20-8-5-7-19(18-20)24-23-25(30)21-9-3-4-10-22(21)34-26(23)27(31)29(24)12-6-11-28-13-16-32-17-14-28/h3-5,7-10,18,24H,2,6,11-17H2,1H3/t24-/m0/s1. The number of carbonyl (C=O) groups excluding carboxylic acids is 1. The zero-order valence-corrected chi connectivity index (χ0v) is 19.5. The van der Waals surface area contributed by atoms with Crippen LogP contribution in [0.2, 0.25) is 0 Å². The Bertz CT molecular complexity index is 1230. The summed E-state index contributed by atoms with van der Waals surface area (Å²) in [6.07, 6.45) is 1.70. The Morgan fingerprint density at radius 1 is 1.03 bits per heavy atom. The van der Waals surface area contributed by atoms with E-state index in [0.29, 0.717) is 29.7 Å². The highest BCUT2D eigenvalue weighted by Gasteiger charge is 2.42. The third kappa shape index (κ3) is 4.33. The van der Waals surface area contributed by atoms with E-state index in [1.165, 1.54) is 0 Å². The van der Waals surface area contributed by atoms with Crippen LogP contribution in [0.15, 0.2) is 57.7 Å². The van der Waals surface area contributed by atoms with Gasteiger partial charge in [0.1, 0.15) is 11.3 Å². The van der Waals surface area contributed by atoms with Crippen molar-refractivity contribution in [3.05, 3.63) is 75.6 Å². The molecule has 5 rings (SSSR count). The first-order valence-electron chi connectivity index (χ1n) is 12.1. The molecule has 0 saturated carbocycles. The van der Waals surface area contributed by atoms with Crippen LogP contribution in [0.5, 0.6) is 5.75 Å². The summed E-state index contributed by atoms with van der Waals surface area (Å²) < 4.78 is 17.3. The highest BCUT2D eigenvalue weighted by Crippen LogP contribution is 2.39. The Kier molecular flexibility index (Phi) is 6.65. The summed E-state index contributed by atoms with van der Waals surface area (Å²) in [5.41, 5.74) is 1.57. The number of nitrogens with zero attached hydrogens (tertiary/aromatic N) is 2.